The first-order valence-corrected chi connectivity index (χ1v) is 7.35. The summed E-state index contributed by atoms with van der Waals surface area (Å²) >= 11 is 4.01. The highest BCUT2D eigenvalue weighted by Gasteiger charge is 2.32. The van der Waals surface area contributed by atoms with Crippen LogP contribution in [-0.2, 0) is 0 Å². The summed E-state index contributed by atoms with van der Waals surface area (Å²) in [7, 11) is 0. The molecular formula is C13H12IN3S. The van der Waals surface area contributed by atoms with Gasteiger partial charge in [0.15, 0.2) is 0 Å². The Bertz CT molecular complexity index is 543. The molecule has 1 aliphatic rings. The fourth-order valence-electron chi connectivity index (χ4n) is 1.68. The van der Waals surface area contributed by atoms with Crippen LogP contribution in [0.3, 0.4) is 0 Å². The highest BCUT2D eigenvalue weighted by Crippen LogP contribution is 2.49. The van der Waals surface area contributed by atoms with Gasteiger partial charge in [0.25, 0.3) is 0 Å². The van der Waals surface area contributed by atoms with Crippen molar-refractivity contribution in [3.05, 3.63) is 53.5 Å². The molecule has 92 valence electrons. The standard InChI is InChI=1S/C13H12IN3S/c1-13(14)12(16)9(7-15)4-5-11(18-13)10-3-2-6-17-8-10/h2-6,8,11H,16H2,1H3. The fraction of sp³-hybridized carbons (Fsp3) is 0.231. The Morgan fingerprint density at radius 2 is 2.39 bits per heavy atom. The normalized spacial score (nSPS) is 27.7. The summed E-state index contributed by atoms with van der Waals surface area (Å²) in [6.07, 6.45) is 7.42. The summed E-state index contributed by atoms with van der Waals surface area (Å²) in [5, 5.41) is 9.27. The molecule has 2 atom stereocenters. The Morgan fingerprint density at radius 1 is 1.61 bits per heavy atom. The Kier molecular flexibility index (Phi) is 3.97. The van der Waals surface area contributed by atoms with Crippen molar-refractivity contribution < 1.29 is 0 Å². The number of nitrogens with two attached hydrogens (primary N) is 1. The lowest BCUT2D eigenvalue weighted by Crippen LogP contribution is -2.22. The number of halogens is 1. The monoisotopic (exact) mass is 369 g/mol. The Hall–Kier alpha value is -1.00. The number of allylic oxidation sites excluding steroid dienone is 2. The van der Waals surface area contributed by atoms with Crippen LogP contribution in [0.15, 0.2) is 47.9 Å². The zero-order chi connectivity index (χ0) is 13.2. The van der Waals surface area contributed by atoms with Crippen molar-refractivity contribution in [2.45, 2.75) is 14.9 Å². The highest BCUT2D eigenvalue weighted by atomic mass is 127. The highest BCUT2D eigenvalue weighted by molar-refractivity contribution is 14.1. The average Bonchev–Trinajstić information content (AvgIpc) is 2.49. The summed E-state index contributed by atoms with van der Waals surface area (Å²) in [6, 6.07) is 6.11. The van der Waals surface area contributed by atoms with Gasteiger partial charge in [0, 0.05) is 12.4 Å². The van der Waals surface area contributed by atoms with Gasteiger partial charge in [0.1, 0.15) is 8.82 Å². The maximum absolute atomic E-state index is 9.11. The van der Waals surface area contributed by atoms with Gasteiger partial charge in [-0.25, -0.2) is 0 Å². The summed E-state index contributed by atoms with van der Waals surface area (Å²) in [5.74, 6) is 0. The summed E-state index contributed by atoms with van der Waals surface area (Å²) in [4.78, 5) is 4.14. The van der Waals surface area contributed by atoms with E-state index >= 15 is 0 Å². The molecule has 0 radical (unpaired) electrons. The minimum Gasteiger partial charge on any atom is -0.399 e. The number of hydrogen-bond donors (Lipinski definition) is 1. The lowest BCUT2D eigenvalue weighted by atomic mass is 10.1. The topological polar surface area (TPSA) is 62.7 Å². The summed E-state index contributed by atoms with van der Waals surface area (Å²) < 4.78 is -0.299. The van der Waals surface area contributed by atoms with E-state index in [1.165, 1.54) is 0 Å². The molecule has 0 aliphatic carbocycles. The van der Waals surface area contributed by atoms with E-state index in [1.54, 1.807) is 18.0 Å². The Morgan fingerprint density at radius 3 is 3.00 bits per heavy atom. The first kappa shape index (κ1) is 13.4. The summed E-state index contributed by atoms with van der Waals surface area (Å²) in [5.41, 5.74) is 8.36. The molecule has 0 saturated heterocycles. The molecule has 0 amide bonds. The van der Waals surface area contributed by atoms with Crippen LogP contribution < -0.4 is 5.73 Å². The van der Waals surface area contributed by atoms with Crippen molar-refractivity contribution in [3.63, 3.8) is 0 Å². The molecule has 3 nitrogen and oxygen atoms in total. The van der Waals surface area contributed by atoms with E-state index in [2.05, 4.69) is 33.6 Å². The molecule has 2 rings (SSSR count). The SMILES string of the molecule is CC1(I)SC(c2cccnc2)C=CC(C#N)=C1N. The second kappa shape index (κ2) is 5.33. The van der Waals surface area contributed by atoms with Crippen molar-refractivity contribution in [1.29, 1.82) is 5.26 Å². The lowest BCUT2D eigenvalue weighted by molar-refractivity contribution is 1.04. The van der Waals surface area contributed by atoms with E-state index in [0.29, 0.717) is 11.3 Å². The zero-order valence-electron chi connectivity index (χ0n) is 9.80. The molecule has 1 aromatic rings. The first-order chi connectivity index (χ1) is 8.54. The molecule has 18 heavy (non-hydrogen) atoms. The molecule has 0 spiro atoms. The van der Waals surface area contributed by atoms with Crippen molar-refractivity contribution in [1.82, 2.24) is 4.98 Å². The fourth-order valence-corrected chi connectivity index (χ4v) is 3.93. The van der Waals surface area contributed by atoms with Crippen LogP contribution in [0, 0.1) is 11.3 Å². The van der Waals surface area contributed by atoms with Crippen molar-refractivity contribution in [2.75, 3.05) is 0 Å². The Labute approximate surface area is 124 Å². The van der Waals surface area contributed by atoms with E-state index in [4.69, 9.17) is 11.0 Å². The quantitative estimate of drug-likeness (QED) is 0.610. The van der Waals surface area contributed by atoms with Crippen molar-refractivity contribution in [2.24, 2.45) is 5.73 Å². The maximum Gasteiger partial charge on any atom is 0.106 e. The van der Waals surface area contributed by atoms with Crippen molar-refractivity contribution in [3.8, 4) is 6.07 Å². The molecular weight excluding hydrogens is 357 g/mol. The number of aromatic nitrogens is 1. The van der Waals surface area contributed by atoms with E-state index < -0.39 is 0 Å². The minimum absolute atomic E-state index is 0.157. The smallest absolute Gasteiger partial charge is 0.106 e. The number of thioether (sulfide) groups is 1. The predicted octanol–water partition coefficient (Wildman–Crippen LogP) is 3.31. The van der Waals surface area contributed by atoms with Crippen LogP contribution in [0.25, 0.3) is 0 Å². The molecule has 0 bridgehead atoms. The summed E-state index contributed by atoms with van der Waals surface area (Å²) in [6.45, 7) is 2.03. The second-order valence-electron chi connectivity index (χ2n) is 4.04. The zero-order valence-corrected chi connectivity index (χ0v) is 12.8. The van der Waals surface area contributed by atoms with Gasteiger partial charge in [-0.1, -0.05) is 34.7 Å². The van der Waals surface area contributed by atoms with E-state index in [9.17, 15) is 0 Å². The molecule has 2 heterocycles. The number of hydrogen-bond acceptors (Lipinski definition) is 4. The average molecular weight is 369 g/mol. The Balaban J connectivity index is 2.39. The molecule has 5 heteroatoms. The largest absolute Gasteiger partial charge is 0.399 e. The maximum atomic E-state index is 9.11. The first-order valence-electron chi connectivity index (χ1n) is 5.40. The van der Waals surface area contributed by atoms with Crippen LogP contribution in [-0.4, -0.2) is 7.74 Å². The van der Waals surface area contributed by atoms with Gasteiger partial charge in [-0.15, -0.1) is 11.8 Å². The van der Waals surface area contributed by atoms with Crippen LogP contribution in [0.1, 0.15) is 17.7 Å². The molecule has 1 aliphatic heterocycles. The molecule has 0 aromatic carbocycles. The van der Waals surface area contributed by atoms with E-state index in [1.807, 2.05) is 37.4 Å². The van der Waals surface area contributed by atoms with Crippen LogP contribution in [0.5, 0.6) is 0 Å². The number of rotatable bonds is 1. The second-order valence-corrected chi connectivity index (χ2v) is 8.49. The lowest BCUT2D eigenvalue weighted by Gasteiger charge is -2.25. The van der Waals surface area contributed by atoms with Crippen LogP contribution in [0.2, 0.25) is 0 Å². The van der Waals surface area contributed by atoms with Gasteiger partial charge in [-0.05, 0) is 24.6 Å². The minimum atomic E-state index is -0.299. The molecule has 2 N–H and O–H groups in total. The van der Waals surface area contributed by atoms with Crippen molar-refractivity contribution >= 4 is 34.4 Å². The molecule has 2 unspecified atom stereocenters. The number of pyridine rings is 1. The third-order valence-corrected chi connectivity index (χ3v) is 5.38. The van der Waals surface area contributed by atoms with Gasteiger partial charge in [-0.2, -0.15) is 5.26 Å². The molecule has 0 saturated carbocycles. The van der Waals surface area contributed by atoms with E-state index in [0.717, 1.165) is 5.56 Å². The van der Waals surface area contributed by atoms with Gasteiger partial charge >= 0.3 is 0 Å². The number of nitriles is 1. The number of nitrogens with zero attached hydrogens (tertiary/aromatic N) is 2. The molecule has 0 fully saturated rings. The van der Waals surface area contributed by atoms with Crippen LogP contribution >= 0.6 is 34.4 Å². The van der Waals surface area contributed by atoms with Gasteiger partial charge in [0.2, 0.25) is 0 Å². The van der Waals surface area contributed by atoms with Gasteiger partial charge in [-0.3, -0.25) is 4.98 Å². The van der Waals surface area contributed by atoms with Crippen LogP contribution in [0.4, 0.5) is 0 Å². The molecule has 1 aromatic heterocycles. The number of alkyl halides is 1. The van der Waals surface area contributed by atoms with E-state index in [-0.39, 0.29) is 8.00 Å². The van der Waals surface area contributed by atoms with Gasteiger partial charge < -0.3 is 5.73 Å². The van der Waals surface area contributed by atoms with Gasteiger partial charge in [0.05, 0.1) is 16.5 Å². The third kappa shape index (κ3) is 2.70. The third-order valence-electron chi connectivity index (χ3n) is 2.69. The predicted molar refractivity (Wildman–Crippen MR) is 83.0 cm³/mol.